The van der Waals surface area contributed by atoms with Gasteiger partial charge in [0.15, 0.2) is 5.96 Å². The third-order valence-corrected chi connectivity index (χ3v) is 4.12. The minimum Gasteiger partial charge on any atom is -0.497 e. The molecule has 27 heavy (non-hydrogen) atoms. The highest BCUT2D eigenvalue weighted by molar-refractivity contribution is 6.01. The van der Waals surface area contributed by atoms with Crippen LogP contribution < -0.4 is 20.1 Å². The zero-order valence-electron chi connectivity index (χ0n) is 16.2. The molecule has 0 radical (unpaired) electrons. The molecule has 148 valence electrons. The van der Waals surface area contributed by atoms with Crippen molar-refractivity contribution in [3.05, 3.63) is 23.8 Å². The quantitative estimate of drug-likeness (QED) is 0.392. The van der Waals surface area contributed by atoms with Gasteiger partial charge in [0.05, 0.1) is 33.9 Å². The normalized spacial score (nSPS) is 14.2. The molecule has 3 amide bonds. The molecule has 1 aromatic rings. The van der Waals surface area contributed by atoms with Crippen molar-refractivity contribution in [1.29, 1.82) is 0 Å². The second-order valence-corrected chi connectivity index (χ2v) is 5.97. The molecule has 0 atom stereocenters. The number of carbonyl (C=O) groups excluding carboxylic acids is 2. The molecule has 0 bridgehead atoms. The number of aliphatic imine (C=N–C) groups is 1. The van der Waals surface area contributed by atoms with Crippen molar-refractivity contribution in [2.75, 3.05) is 47.4 Å². The molecule has 2 N–H and O–H groups in total. The van der Waals surface area contributed by atoms with E-state index < -0.39 is 0 Å². The Morgan fingerprint density at radius 3 is 2.70 bits per heavy atom. The minimum absolute atomic E-state index is 0.0553. The van der Waals surface area contributed by atoms with Gasteiger partial charge in [-0.05, 0) is 19.1 Å². The summed E-state index contributed by atoms with van der Waals surface area (Å²) in [6.07, 6.45) is 0. The average Bonchev–Trinajstić information content (AvgIpc) is 2.99. The molecule has 1 fully saturated rings. The Labute approximate surface area is 159 Å². The van der Waals surface area contributed by atoms with Crippen LogP contribution in [0.25, 0.3) is 0 Å². The molecule has 0 aromatic heterocycles. The van der Waals surface area contributed by atoms with Gasteiger partial charge in [-0.3, -0.25) is 14.7 Å². The molecular weight excluding hydrogens is 350 g/mol. The van der Waals surface area contributed by atoms with E-state index in [9.17, 15) is 9.59 Å². The van der Waals surface area contributed by atoms with Gasteiger partial charge in [0.2, 0.25) is 5.91 Å². The van der Waals surface area contributed by atoms with E-state index in [0.717, 1.165) is 17.1 Å². The van der Waals surface area contributed by atoms with Crippen LogP contribution in [0.2, 0.25) is 0 Å². The molecule has 9 nitrogen and oxygen atoms in total. The topological polar surface area (TPSA) is 95.5 Å². The lowest BCUT2D eigenvalue weighted by Gasteiger charge is -2.23. The fourth-order valence-electron chi connectivity index (χ4n) is 2.72. The summed E-state index contributed by atoms with van der Waals surface area (Å²) >= 11 is 0. The maximum absolute atomic E-state index is 11.6. The largest absolute Gasteiger partial charge is 0.497 e. The molecule has 1 saturated heterocycles. The summed E-state index contributed by atoms with van der Waals surface area (Å²) in [5.74, 6) is 1.92. The van der Waals surface area contributed by atoms with Crippen molar-refractivity contribution in [3.63, 3.8) is 0 Å². The molecule has 1 heterocycles. The predicted molar refractivity (Wildman–Crippen MR) is 102 cm³/mol. The van der Waals surface area contributed by atoms with Gasteiger partial charge in [-0.15, -0.1) is 0 Å². The SMILES string of the molecule is CCNC(=NCCN1C(=O)CNC1=O)N(C)Cc1ccc(OC)cc1OC. The van der Waals surface area contributed by atoms with Crippen molar-refractivity contribution in [2.45, 2.75) is 13.5 Å². The first-order valence-electron chi connectivity index (χ1n) is 8.78. The van der Waals surface area contributed by atoms with Gasteiger partial charge < -0.3 is 25.0 Å². The lowest BCUT2D eigenvalue weighted by molar-refractivity contribution is -0.124. The fraction of sp³-hybridized carbons (Fsp3) is 0.500. The van der Waals surface area contributed by atoms with Gasteiger partial charge >= 0.3 is 6.03 Å². The lowest BCUT2D eigenvalue weighted by atomic mass is 10.2. The molecule has 9 heteroatoms. The number of carbonyl (C=O) groups is 2. The molecule has 1 aliphatic heterocycles. The Hall–Kier alpha value is -2.97. The minimum atomic E-state index is -0.364. The molecule has 1 aromatic carbocycles. The van der Waals surface area contributed by atoms with E-state index in [1.807, 2.05) is 37.1 Å². The van der Waals surface area contributed by atoms with Crippen molar-refractivity contribution in [3.8, 4) is 11.5 Å². The Morgan fingerprint density at radius 2 is 2.11 bits per heavy atom. The number of amides is 3. The van der Waals surface area contributed by atoms with Crippen LogP contribution in [-0.4, -0.2) is 75.1 Å². The zero-order chi connectivity index (χ0) is 19.8. The zero-order valence-corrected chi connectivity index (χ0v) is 16.2. The van der Waals surface area contributed by atoms with Crippen LogP contribution >= 0.6 is 0 Å². The first kappa shape index (κ1) is 20.3. The van der Waals surface area contributed by atoms with Gasteiger partial charge in [-0.25, -0.2) is 4.79 Å². The summed E-state index contributed by atoms with van der Waals surface area (Å²) in [7, 11) is 5.15. The van der Waals surface area contributed by atoms with Gasteiger partial charge in [-0.2, -0.15) is 0 Å². The van der Waals surface area contributed by atoms with Crippen LogP contribution in [-0.2, 0) is 11.3 Å². The molecule has 0 aliphatic carbocycles. The van der Waals surface area contributed by atoms with E-state index in [0.29, 0.717) is 25.6 Å². The maximum atomic E-state index is 11.6. The number of methoxy groups -OCH3 is 2. The Kier molecular flexibility index (Phi) is 7.27. The molecule has 0 saturated carbocycles. The second-order valence-electron chi connectivity index (χ2n) is 5.97. The molecular formula is C18H27N5O4. The van der Waals surface area contributed by atoms with E-state index in [2.05, 4.69) is 15.6 Å². The van der Waals surface area contributed by atoms with Gasteiger partial charge in [0.1, 0.15) is 11.5 Å². The molecule has 1 aliphatic rings. The molecule has 0 unspecified atom stereocenters. The summed E-state index contributed by atoms with van der Waals surface area (Å²) in [4.78, 5) is 30.9. The van der Waals surface area contributed by atoms with E-state index in [1.165, 1.54) is 4.90 Å². The summed E-state index contributed by atoms with van der Waals surface area (Å²) in [5.41, 5.74) is 0.987. The highest BCUT2D eigenvalue weighted by Crippen LogP contribution is 2.25. The number of ether oxygens (including phenoxy) is 2. The van der Waals surface area contributed by atoms with Crippen LogP contribution in [0.3, 0.4) is 0 Å². The summed E-state index contributed by atoms with van der Waals surface area (Å²) in [6, 6.07) is 5.31. The van der Waals surface area contributed by atoms with Crippen LogP contribution in [0.15, 0.2) is 23.2 Å². The standard InChI is InChI=1S/C18H27N5O4/c1-5-19-17(20-8-9-23-16(24)11-21-18(23)25)22(2)12-13-6-7-14(26-3)10-15(13)27-4/h6-7,10H,5,8-9,11-12H2,1-4H3,(H,19,20)(H,21,25). The number of nitrogens with one attached hydrogen (secondary N) is 2. The number of nitrogens with zero attached hydrogens (tertiary/aromatic N) is 3. The third kappa shape index (κ3) is 5.25. The monoisotopic (exact) mass is 377 g/mol. The van der Waals surface area contributed by atoms with Crippen LogP contribution in [0.5, 0.6) is 11.5 Å². The van der Waals surface area contributed by atoms with Crippen molar-refractivity contribution < 1.29 is 19.1 Å². The summed E-state index contributed by atoms with van der Waals surface area (Å²) in [6.45, 7) is 3.88. The molecule has 2 rings (SSSR count). The number of imide groups is 1. The predicted octanol–water partition coefficient (Wildman–Crippen LogP) is 0.653. The number of rotatable bonds is 8. The smallest absolute Gasteiger partial charge is 0.324 e. The van der Waals surface area contributed by atoms with E-state index >= 15 is 0 Å². The van der Waals surface area contributed by atoms with Crippen molar-refractivity contribution in [1.82, 2.24) is 20.4 Å². The Morgan fingerprint density at radius 1 is 1.33 bits per heavy atom. The van der Waals surface area contributed by atoms with E-state index in [1.54, 1.807) is 14.2 Å². The first-order valence-corrected chi connectivity index (χ1v) is 8.78. The number of hydrogen-bond donors (Lipinski definition) is 2. The van der Waals surface area contributed by atoms with E-state index in [-0.39, 0.29) is 25.0 Å². The van der Waals surface area contributed by atoms with E-state index in [4.69, 9.17) is 9.47 Å². The summed E-state index contributed by atoms with van der Waals surface area (Å²) < 4.78 is 10.7. The van der Waals surface area contributed by atoms with Crippen LogP contribution in [0, 0.1) is 0 Å². The summed E-state index contributed by atoms with van der Waals surface area (Å²) in [5, 5.41) is 5.72. The third-order valence-electron chi connectivity index (χ3n) is 4.12. The number of urea groups is 1. The average molecular weight is 377 g/mol. The van der Waals surface area contributed by atoms with Gasteiger partial charge in [0.25, 0.3) is 0 Å². The Bertz CT molecular complexity index is 691. The van der Waals surface area contributed by atoms with Gasteiger partial charge in [0, 0.05) is 31.8 Å². The lowest BCUT2D eigenvalue weighted by Crippen LogP contribution is -2.39. The maximum Gasteiger partial charge on any atom is 0.324 e. The van der Waals surface area contributed by atoms with Crippen LogP contribution in [0.1, 0.15) is 12.5 Å². The van der Waals surface area contributed by atoms with Crippen molar-refractivity contribution in [2.24, 2.45) is 4.99 Å². The number of benzene rings is 1. The Balaban J connectivity index is 2.04. The second kappa shape index (κ2) is 9.65. The molecule has 0 spiro atoms. The highest BCUT2D eigenvalue weighted by Gasteiger charge is 2.27. The fourth-order valence-corrected chi connectivity index (χ4v) is 2.72. The number of guanidine groups is 1. The first-order chi connectivity index (χ1) is 13.0. The number of hydrogen-bond acceptors (Lipinski definition) is 5. The van der Waals surface area contributed by atoms with Crippen molar-refractivity contribution >= 4 is 17.9 Å². The van der Waals surface area contributed by atoms with Crippen LogP contribution in [0.4, 0.5) is 4.79 Å². The highest BCUT2D eigenvalue weighted by atomic mass is 16.5. The van der Waals surface area contributed by atoms with Gasteiger partial charge in [-0.1, -0.05) is 0 Å².